The van der Waals surface area contributed by atoms with Crippen molar-refractivity contribution in [2.45, 2.75) is 20.3 Å². The lowest BCUT2D eigenvalue weighted by atomic mass is 10.1. The highest BCUT2D eigenvalue weighted by atomic mass is 35.5. The predicted octanol–water partition coefficient (Wildman–Crippen LogP) is 5.10. The standard InChI is InChI=1S/C11H14Cl3N/c1-7(2)3-4-15-11-6-9(13)8(12)5-10(11)14/h5-7,15H,3-4H2,1-2H3. The first kappa shape index (κ1) is 13.0. The van der Waals surface area contributed by atoms with Crippen LogP contribution in [0.15, 0.2) is 12.1 Å². The van der Waals surface area contributed by atoms with Gasteiger partial charge in [-0.05, 0) is 24.5 Å². The zero-order valence-electron chi connectivity index (χ0n) is 8.78. The van der Waals surface area contributed by atoms with Gasteiger partial charge in [-0.3, -0.25) is 0 Å². The molecule has 0 atom stereocenters. The lowest BCUT2D eigenvalue weighted by Crippen LogP contribution is -2.05. The third-order valence-electron chi connectivity index (χ3n) is 2.05. The molecule has 1 aromatic rings. The van der Waals surface area contributed by atoms with E-state index in [2.05, 4.69) is 19.2 Å². The molecule has 0 saturated heterocycles. The highest BCUT2D eigenvalue weighted by Gasteiger charge is 2.05. The average Bonchev–Trinajstić information content (AvgIpc) is 2.13. The SMILES string of the molecule is CC(C)CCNc1cc(Cl)c(Cl)cc1Cl. The van der Waals surface area contributed by atoms with Crippen LogP contribution in [-0.2, 0) is 0 Å². The summed E-state index contributed by atoms with van der Waals surface area (Å²) in [6, 6.07) is 3.41. The smallest absolute Gasteiger partial charge is 0.0653 e. The van der Waals surface area contributed by atoms with Gasteiger partial charge >= 0.3 is 0 Å². The largest absolute Gasteiger partial charge is 0.384 e. The molecule has 0 fully saturated rings. The van der Waals surface area contributed by atoms with Crippen LogP contribution in [0.5, 0.6) is 0 Å². The maximum Gasteiger partial charge on any atom is 0.0653 e. The van der Waals surface area contributed by atoms with Crippen LogP contribution < -0.4 is 5.32 Å². The van der Waals surface area contributed by atoms with Gasteiger partial charge in [0.1, 0.15) is 0 Å². The molecule has 0 aliphatic heterocycles. The average molecular weight is 267 g/mol. The molecular weight excluding hydrogens is 252 g/mol. The van der Waals surface area contributed by atoms with Crippen molar-refractivity contribution in [1.29, 1.82) is 0 Å². The molecule has 0 saturated carbocycles. The Kier molecular flexibility index (Phi) is 5.04. The Bertz CT molecular complexity index is 337. The van der Waals surface area contributed by atoms with Gasteiger partial charge in [0, 0.05) is 6.54 Å². The second-order valence-corrected chi connectivity index (χ2v) is 5.08. The van der Waals surface area contributed by atoms with E-state index in [1.165, 1.54) is 0 Å². The van der Waals surface area contributed by atoms with E-state index < -0.39 is 0 Å². The van der Waals surface area contributed by atoms with Crippen molar-refractivity contribution in [3.63, 3.8) is 0 Å². The number of anilines is 1. The normalized spacial score (nSPS) is 10.8. The van der Waals surface area contributed by atoms with Gasteiger partial charge < -0.3 is 5.32 Å². The van der Waals surface area contributed by atoms with Crippen LogP contribution >= 0.6 is 34.8 Å². The summed E-state index contributed by atoms with van der Waals surface area (Å²) in [5.41, 5.74) is 0.840. The van der Waals surface area contributed by atoms with Crippen LogP contribution in [0.2, 0.25) is 15.1 Å². The fourth-order valence-electron chi connectivity index (χ4n) is 1.15. The van der Waals surface area contributed by atoms with Gasteiger partial charge in [-0.1, -0.05) is 48.7 Å². The second kappa shape index (κ2) is 5.83. The minimum absolute atomic E-state index is 0.482. The third-order valence-corrected chi connectivity index (χ3v) is 3.08. The molecular formula is C11H14Cl3N. The van der Waals surface area contributed by atoms with E-state index in [0.717, 1.165) is 18.7 Å². The first-order valence-corrected chi connectivity index (χ1v) is 6.02. The van der Waals surface area contributed by atoms with Crippen molar-refractivity contribution >= 4 is 40.5 Å². The Morgan fingerprint density at radius 1 is 1.07 bits per heavy atom. The Balaban J connectivity index is 2.65. The molecule has 0 aliphatic rings. The van der Waals surface area contributed by atoms with Crippen LogP contribution in [0.25, 0.3) is 0 Å². The van der Waals surface area contributed by atoms with Gasteiger partial charge in [-0.2, -0.15) is 0 Å². The van der Waals surface area contributed by atoms with Crippen LogP contribution in [0.3, 0.4) is 0 Å². The summed E-state index contributed by atoms with van der Waals surface area (Å²) in [4.78, 5) is 0. The van der Waals surface area contributed by atoms with Gasteiger partial charge in [0.15, 0.2) is 0 Å². The highest BCUT2D eigenvalue weighted by molar-refractivity contribution is 6.44. The Morgan fingerprint density at radius 2 is 1.67 bits per heavy atom. The van der Waals surface area contributed by atoms with Gasteiger partial charge in [0.05, 0.1) is 20.8 Å². The van der Waals surface area contributed by atoms with Crippen LogP contribution in [-0.4, -0.2) is 6.54 Å². The lowest BCUT2D eigenvalue weighted by Gasteiger charge is -2.10. The lowest BCUT2D eigenvalue weighted by molar-refractivity contribution is 0.607. The van der Waals surface area contributed by atoms with Crippen molar-refractivity contribution in [1.82, 2.24) is 0 Å². The monoisotopic (exact) mass is 265 g/mol. The van der Waals surface area contributed by atoms with E-state index in [1.54, 1.807) is 12.1 Å². The van der Waals surface area contributed by atoms with Crippen LogP contribution in [0.1, 0.15) is 20.3 Å². The molecule has 0 unspecified atom stereocenters. The van der Waals surface area contributed by atoms with Gasteiger partial charge in [-0.15, -0.1) is 0 Å². The van der Waals surface area contributed by atoms with E-state index in [4.69, 9.17) is 34.8 Å². The van der Waals surface area contributed by atoms with E-state index in [-0.39, 0.29) is 0 Å². The number of hydrogen-bond donors (Lipinski definition) is 1. The maximum absolute atomic E-state index is 6.01. The second-order valence-electron chi connectivity index (χ2n) is 3.86. The van der Waals surface area contributed by atoms with E-state index in [1.807, 2.05) is 0 Å². The topological polar surface area (TPSA) is 12.0 Å². The zero-order valence-corrected chi connectivity index (χ0v) is 11.0. The van der Waals surface area contributed by atoms with Crippen LogP contribution in [0.4, 0.5) is 5.69 Å². The molecule has 1 aromatic carbocycles. The Labute approximate surface area is 106 Å². The molecule has 0 radical (unpaired) electrons. The fraction of sp³-hybridized carbons (Fsp3) is 0.455. The molecule has 0 aromatic heterocycles. The highest BCUT2D eigenvalue weighted by Crippen LogP contribution is 2.32. The number of rotatable bonds is 4. The van der Waals surface area contributed by atoms with E-state index in [0.29, 0.717) is 21.0 Å². The number of nitrogens with one attached hydrogen (secondary N) is 1. The molecule has 15 heavy (non-hydrogen) atoms. The molecule has 1 N–H and O–H groups in total. The molecule has 84 valence electrons. The summed E-state index contributed by atoms with van der Waals surface area (Å²) in [5.74, 6) is 0.666. The molecule has 0 bridgehead atoms. The van der Waals surface area contributed by atoms with Crippen molar-refractivity contribution in [2.75, 3.05) is 11.9 Å². The quantitative estimate of drug-likeness (QED) is 0.747. The van der Waals surface area contributed by atoms with Crippen molar-refractivity contribution < 1.29 is 0 Å². The van der Waals surface area contributed by atoms with Gasteiger partial charge in [-0.25, -0.2) is 0 Å². The maximum atomic E-state index is 6.01. The van der Waals surface area contributed by atoms with E-state index >= 15 is 0 Å². The predicted molar refractivity (Wildman–Crippen MR) is 69.4 cm³/mol. The van der Waals surface area contributed by atoms with E-state index in [9.17, 15) is 0 Å². The summed E-state index contributed by atoms with van der Waals surface area (Å²) in [6.07, 6.45) is 1.09. The molecule has 0 spiro atoms. The Hall–Kier alpha value is -0.110. The zero-order chi connectivity index (χ0) is 11.4. The van der Waals surface area contributed by atoms with Crippen molar-refractivity contribution in [3.8, 4) is 0 Å². The Morgan fingerprint density at radius 3 is 2.27 bits per heavy atom. The minimum Gasteiger partial charge on any atom is -0.384 e. The van der Waals surface area contributed by atoms with Gasteiger partial charge in [0.2, 0.25) is 0 Å². The first-order valence-electron chi connectivity index (χ1n) is 4.89. The summed E-state index contributed by atoms with van der Waals surface area (Å²) < 4.78 is 0. The molecule has 4 heteroatoms. The summed E-state index contributed by atoms with van der Waals surface area (Å²) in [5, 5.41) is 4.85. The van der Waals surface area contributed by atoms with Gasteiger partial charge in [0.25, 0.3) is 0 Å². The summed E-state index contributed by atoms with van der Waals surface area (Å²) >= 11 is 17.7. The molecule has 0 aliphatic carbocycles. The molecule has 1 rings (SSSR count). The van der Waals surface area contributed by atoms with Crippen molar-refractivity contribution in [3.05, 3.63) is 27.2 Å². The third kappa shape index (κ3) is 4.10. The fourth-order valence-corrected chi connectivity index (χ4v) is 1.77. The number of benzene rings is 1. The number of hydrogen-bond acceptors (Lipinski definition) is 1. The summed E-state index contributed by atoms with van der Waals surface area (Å²) in [7, 11) is 0. The molecule has 0 amide bonds. The van der Waals surface area contributed by atoms with Crippen molar-refractivity contribution in [2.24, 2.45) is 5.92 Å². The molecule has 0 heterocycles. The minimum atomic E-state index is 0.482. The first-order chi connectivity index (χ1) is 7.00. The summed E-state index contributed by atoms with van der Waals surface area (Å²) in [6.45, 7) is 5.24. The van der Waals surface area contributed by atoms with Crippen LogP contribution in [0, 0.1) is 5.92 Å². The number of halogens is 3. The molecule has 1 nitrogen and oxygen atoms in total.